The minimum absolute atomic E-state index is 0.0821. The standard InChI is InChI=1S/C30H24N6O6/c37-29-26-18-24(36(40)41)12-14-28(26)33(34(29)20-22-9-5-2-6-10-22)15-16-42-30-25-17-23(35(38)39)11-13-27(25)31-32(30)19-21-7-3-1-4-8-21/h1-14,17-18H,15-16,19-20H2. The summed E-state index contributed by atoms with van der Waals surface area (Å²) >= 11 is 0. The van der Waals surface area contributed by atoms with Crippen molar-refractivity contribution in [1.29, 1.82) is 0 Å². The van der Waals surface area contributed by atoms with Crippen LogP contribution in [0, 0.1) is 20.2 Å². The van der Waals surface area contributed by atoms with Gasteiger partial charge in [-0.1, -0.05) is 60.7 Å². The molecule has 210 valence electrons. The number of hydrogen-bond donors (Lipinski definition) is 0. The molecule has 6 rings (SSSR count). The van der Waals surface area contributed by atoms with Crippen LogP contribution >= 0.6 is 0 Å². The summed E-state index contributed by atoms with van der Waals surface area (Å²) in [5, 5.41) is 28.2. The Morgan fingerprint density at radius 2 is 1.31 bits per heavy atom. The van der Waals surface area contributed by atoms with Crippen molar-refractivity contribution < 1.29 is 14.6 Å². The van der Waals surface area contributed by atoms with E-state index in [1.807, 2.05) is 60.7 Å². The lowest BCUT2D eigenvalue weighted by atomic mass is 10.2. The number of rotatable bonds is 10. The van der Waals surface area contributed by atoms with Gasteiger partial charge in [0.25, 0.3) is 16.9 Å². The first kappa shape index (κ1) is 26.4. The number of aromatic nitrogens is 4. The van der Waals surface area contributed by atoms with Crippen LogP contribution in [-0.2, 0) is 19.6 Å². The van der Waals surface area contributed by atoms with Crippen molar-refractivity contribution in [3.05, 3.63) is 139 Å². The summed E-state index contributed by atoms with van der Waals surface area (Å²) in [4.78, 5) is 35.3. The van der Waals surface area contributed by atoms with Crippen LogP contribution in [0.25, 0.3) is 21.8 Å². The normalized spacial score (nSPS) is 11.2. The number of ether oxygens (including phenoxy) is 1. The largest absolute Gasteiger partial charge is 0.475 e. The lowest BCUT2D eigenvalue weighted by Crippen LogP contribution is -2.25. The van der Waals surface area contributed by atoms with E-state index in [4.69, 9.17) is 4.74 Å². The molecule has 0 bridgehead atoms. The molecule has 0 atom stereocenters. The van der Waals surface area contributed by atoms with E-state index in [0.29, 0.717) is 28.8 Å². The summed E-state index contributed by atoms with van der Waals surface area (Å²) in [6, 6.07) is 27.7. The highest BCUT2D eigenvalue weighted by atomic mass is 16.6. The van der Waals surface area contributed by atoms with Crippen molar-refractivity contribution in [1.82, 2.24) is 19.1 Å². The molecule has 0 fully saturated rings. The summed E-state index contributed by atoms with van der Waals surface area (Å²) in [7, 11) is 0. The zero-order valence-corrected chi connectivity index (χ0v) is 22.2. The summed E-state index contributed by atoms with van der Waals surface area (Å²) in [5.41, 5.74) is 2.33. The Kier molecular flexibility index (Phi) is 6.93. The SMILES string of the molecule is O=c1c2cc([N+](=O)[O-])ccc2n(CCOc2c3cc([N+](=O)[O-])ccc3nn2Cc2ccccc2)n1Cc1ccccc1. The molecular weight excluding hydrogens is 540 g/mol. The Labute approximate surface area is 237 Å². The topological polar surface area (TPSA) is 140 Å². The first-order chi connectivity index (χ1) is 20.4. The van der Waals surface area contributed by atoms with Crippen LogP contribution in [0.2, 0.25) is 0 Å². The summed E-state index contributed by atoms with van der Waals surface area (Å²) in [6.45, 7) is 0.945. The van der Waals surface area contributed by atoms with Gasteiger partial charge in [0.2, 0.25) is 5.88 Å². The Morgan fingerprint density at radius 3 is 1.95 bits per heavy atom. The van der Waals surface area contributed by atoms with E-state index in [-0.39, 0.29) is 42.0 Å². The van der Waals surface area contributed by atoms with Crippen molar-refractivity contribution >= 4 is 33.2 Å². The minimum atomic E-state index is -0.529. The zero-order chi connectivity index (χ0) is 29.2. The Morgan fingerprint density at radius 1 is 0.714 bits per heavy atom. The van der Waals surface area contributed by atoms with Crippen molar-refractivity contribution in [3.63, 3.8) is 0 Å². The maximum absolute atomic E-state index is 13.5. The molecule has 0 saturated carbocycles. The Bertz CT molecular complexity index is 2000. The molecule has 6 aromatic rings. The van der Waals surface area contributed by atoms with E-state index in [0.717, 1.165) is 11.1 Å². The molecular formula is C30H24N6O6. The highest BCUT2D eigenvalue weighted by Gasteiger charge is 2.20. The van der Waals surface area contributed by atoms with Gasteiger partial charge >= 0.3 is 0 Å². The highest BCUT2D eigenvalue weighted by molar-refractivity contribution is 5.86. The van der Waals surface area contributed by atoms with Gasteiger partial charge in [-0.15, -0.1) is 0 Å². The van der Waals surface area contributed by atoms with E-state index >= 15 is 0 Å². The maximum Gasteiger partial charge on any atom is 0.275 e. The molecule has 12 heteroatoms. The fourth-order valence-electron chi connectivity index (χ4n) is 5.02. The Balaban J connectivity index is 1.37. The predicted molar refractivity (Wildman–Crippen MR) is 156 cm³/mol. The third-order valence-corrected chi connectivity index (χ3v) is 7.00. The molecule has 0 amide bonds. The van der Waals surface area contributed by atoms with Crippen LogP contribution in [0.4, 0.5) is 11.4 Å². The number of benzene rings is 4. The van der Waals surface area contributed by atoms with Gasteiger partial charge in [0.05, 0.1) is 51.3 Å². The smallest absolute Gasteiger partial charge is 0.275 e. The van der Waals surface area contributed by atoms with Gasteiger partial charge in [-0.25, -0.2) is 9.36 Å². The second-order valence-electron chi connectivity index (χ2n) is 9.69. The quantitative estimate of drug-likeness (QED) is 0.166. The zero-order valence-electron chi connectivity index (χ0n) is 22.2. The molecule has 0 aliphatic carbocycles. The van der Waals surface area contributed by atoms with Gasteiger partial charge in [-0.2, -0.15) is 5.10 Å². The van der Waals surface area contributed by atoms with Crippen LogP contribution in [0.15, 0.2) is 102 Å². The lowest BCUT2D eigenvalue weighted by molar-refractivity contribution is -0.384. The third kappa shape index (κ3) is 5.08. The molecule has 2 aromatic heterocycles. The molecule has 0 aliphatic rings. The molecule has 4 aromatic carbocycles. The summed E-state index contributed by atoms with van der Waals surface area (Å²) in [5.74, 6) is 0.363. The fourth-order valence-corrected chi connectivity index (χ4v) is 5.02. The van der Waals surface area contributed by atoms with Crippen LogP contribution in [0.3, 0.4) is 0 Å². The molecule has 42 heavy (non-hydrogen) atoms. The molecule has 2 heterocycles. The average molecular weight is 565 g/mol. The van der Waals surface area contributed by atoms with Gasteiger partial charge in [0.1, 0.15) is 6.61 Å². The van der Waals surface area contributed by atoms with E-state index in [1.165, 1.54) is 28.9 Å². The first-order valence-electron chi connectivity index (χ1n) is 13.1. The maximum atomic E-state index is 13.5. The van der Waals surface area contributed by atoms with Crippen LogP contribution < -0.4 is 10.3 Å². The van der Waals surface area contributed by atoms with Gasteiger partial charge in [0, 0.05) is 24.3 Å². The molecule has 0 saturated heterocycles. The molecule has 12 nitrogen and oxygen atoms in total. The van der Waals surface area contributed by atoms with Crippen molar-refractivity contribution in [2.45, 2.75) is 19.6 Å². The van der Waals surface area contributed by atoms with Crippen LogP contribution in [-0.4, -0.2) is 35.6 Å². The number of nitrogens with zero attached hydrogens (tertiary/aromatic N) is 6. The summed E-state index contributed by atoms with van der Waals surface area (Å²) in [6.07, 6.45) is 0. The number of hydrogen-bond acceptors (Lipinski definition) is 7. The van der Waals surface area contributed by atoms with Crippen molar-refractivity contribution in [3.8, 4) is 5.88 Å². The van der Waals surface area contributed by atoms with Crippen LogP contribution in [0.5, 0.6) is 5.88 Å². The van der Waals surface area contributed by atoms with E-state index < -0.39 is 9.85 Å². The number of non-ortho nitro benzene ring substituents is 2. The molecule has 0 N–H and O–H groups in total. The van der Waals surface area contributed by atoms with Crippen molar-refractivity contribution in [2.75, 3.05) is 6.61 Å². The van der Waals surface area contributed by atoms with Gasteiger partial charge < -0.3 is 4.74 Å². The van der Waals surface area contributed by atoms with E-state index in [1.54, 1.807) is 21.5 Å². The van der Waals surface area contributed by atoms with Gasteiger partial charge in [-0.3, -0.25) is 29.7 Å². The average Bonchev–Trinajstić information content (AvgIpc) is 3.47. The second-order valence-corrected chi connectivity index (χ2v) is 9.69. The highest BCUT2D eigenvalue weighted by Crippen LogP contribution is 2.30. The Hall–Kier alpha value is -5.78. The number of nitro groups is 2. The molecule has 0 aliphatic heterocycles. The number of nitro benzene ring substituents is 2. The number of fused-ring (bicyclic) bond motifs is 2. The lowest BCUT2D eigenvalue weighted by Gasteiger charge is -2.15. The fraction of sp³-hybridized carbons (Fsp3) is 0.133. The van der Waals surface area contributed by atoms with Gasteiger partial charge in [0.15, 0.2) is 0 Å². The van der Waals surface area contributed by atoms with Crippen LogP contribution in [0.1, 0.15) is 11.1 Å². The second kappa shape index (κ2) is 11.0. The predicted octanol–water partition coefficient (Wildman–Crippen LogP) is 5.14. The van der Waals surface area contributed by atoms with Crippen molar-refractivity contribution in [2.24, 2.45) is 0 Å². The molecule has 0 radical (unpaired) electrons. The van der Waals surface area contributed by atoms with E-state index in [9.17, 15) is 25.0 Å². The molecule has 0 spiro atoms. The summed E-state index contributed by atoms with van der Waals surface area (Å²) < 4.78 is 11.2. The minimum Gasteiger partial charge on any atom is -0.475 e. The third-order valence-electron chi connectivity index (χ3n) is 7.00. The molecule has 0 unspecified atom stereocenters. The first-order valence-corrected chi connectivity index (χ1v) is 13.1. The van der Waals surface area contributed by atoms with E-state index in [2.05, 4.69) is 5.10 Å². The monoisotopic (exact) mass is 564 g/mol. The van der Waals surface area contributed by atoms with Gasteiger partial charge in [-0.05, 0) is 23.3 Å².